The molecule has 102 valence electrons. The van der Waals surface area contributed by atoms with Crippen molar-refractivity contribution in [1.29, 1.82) is 0 Å². The maximum Gasteiger partial charge on any atom is 0.321 e. The monoisotopic (exact) mass is 261 g/mol. The van der Waals surface area contributed by atoms with Gasteiger partial charge in [-0.3, -0.25) is 9.59 Å². The van der Waals surface area contributed by atoms with E-state index >= 15 is 0 Å². The first kappa shape index (κ1) is 13.6. The van der Waals surface area contributed by atoms with E-state index in [1.807, 2.05) is 31.2 Å². The molecule has 1 aliphatic rings. The molecule has 19 heavy (non-hydrogen) atoms. The van der Waals surface area contributed by atoms with Gasteiger partial charge in [-0.2, -0.15) is 0 Å². The van der Waals surface area contributed by atoms with Crippen molar-refractivity contribution in [2.75, 3.05) is 7.11 Å². The van der Waals surface area contributed by atoms with Crippen LogP contribution < -0.4 is 5.32 Å². The Hall–Kier alpha value is -1.84. The lowest BCUT2D eigenvalue weighted by molar-refractivity contribution is -0.165. The number of carbonyl (C=O) groups is 2. The lowest BCUT2D eigenvalue weighted by atomic mass is 9.68. The van der Waals surface area contributed by atoms with Crippen molar-refractivity contribution in [2.45, 2.75) is 32.7 Å². The van der Waals surface area contributed by atoms with E-state index < -0.39 is 11.4 Å². The summed E-state index contributed by atoms with van der Waals surface area (Å²) in [7, 11) is 1.33. The van der Waals surface area contributed by atoms with Crippen LogP contribution in [-0.2, 0) is 20.9 Å². The molecule has 0 unspecified atom stereocenters. The molecule has 0 radical (unpaired) electrons. The van der Waals surface area contributed by atoms with E-state index in [0.717, 1.165) is 17.5 Å². The average molecular weight is 261 g/mol. The molecule has 0 bridgehead atoms. The Bertz CT molecular complexity index is 492. The number of hydrogen-bond donors (Lipinski definition) is 1. The summed E-state index contributed by atoms with van der Waals surface area (Å²) in [5.74, 6) is -0.632. The van der Waals surface area contributed by atoms with Crippen molar-refractivity contribution >= 4 is 11.9 Å². The van der Waals surface area contributed by atoms with Gasteiger partial charge < -0.3 is 10.1 Å². The minimum absolute atomic E-state index is 0.216. The van der Waals surface area contributed by atoms with Crippen LogP contribution in [0.15, 0.2) is 24.3 Å². The molecule has 1 N–H and O–H groups in total. The first-order valence-electron chi connectivity index (χ1n) is 6.51. The molecule has 2 rings (SSSR count). The molecule has 0 spiro atoms. The van der Waals surface area contributed by atoms with Crippen LogP contribution in [0.3, 0.4) is 0 Å². The Morgan fingerprint density at radius 3 is 2.63 bits per heavy atom. The van der Waals surface area contributed by atoms with E-state index in [1.54, 1.807) is 0 Å². The maximum absolute atomic E-state index is 12.2. The van der Waals surface area contributed by atoms with Crippen molar-refractivity contribution < 1.29 is 14.3 Å². The Kier molecular flexibility index (Phi) is 3.88. The smallest absolute Gasteiger partial charge is 0.321 e. The first-order valence-corrected chi connectivity index (χ1v) is 6.51. The van der Waals surface area contributed by atoms with Crippen LogP contribution in [0.1, 0.15) is 30.4 Å². The lowest BCUT2D eigenvalue weighted by Crippen LogP contribution is -2.51. The minimum Gasteiger partial charge on any atom is -0.468 e. The number of hydrogen-bond acceptors (Lipinski definition) is 3. The molecular weight excluding hydrogens is 242 g/mol. The third-order valence-corrected chi connectivity index (χ3v) is 3.75. The van der Waals surface area contributed by atoms with Gasteiger partial charge in [0.1, 0.15) is 5.41 Å². The lowest BCUT2D eigenvalue weighted by Gasteiger charge is -2.37. The summed E-state index contributed by atoms with van der Waals surface area (Å²) >= 11 is 0. The van der Waals surface area contributed by atoms with E-state index in [0.29, 0.717) is 19.4 Å². The highest BCUT2D eigenvalue weighted by Crippen LogP contribution is 2.42. The number of rotatable bonds is 4. The molecule has 1 saturated carbocycles. The molecular formula is C15H19NO3. The number of ether oxygens (including phenoxy) is 1. The van der Waals surface area contributed by atoms with Gasteiger partial charge in [-0.1, -0.05) is 36.2 Å². The van der Waals surface area contributed by atoms with Crippen molar-refractivity contribution in [3.8, 4) is 0 Å². The van der Waals surface area contributed by atoms with Crippen molar-refractivity contribution in [3.63, 3.8) is 0 Å². The topological polar surface area (TPSA) is 55.4 Å². The molecule has 1 aromatic rings. The SMILES string of the molecule is COC(=O)C1(C(=O)NCc2cccc(C)c2)CCC1. The molecule has 0 aliphatic heterocycles. The van der Waals surface area contributed by atoms with Gasteiger partial charge in [0.15, 0.2) is 0 Å². The van der Waals surface area contributed by atoms with Gasteiger partial charge in [-0.15, -0.1) is 0 Å². The fourth-order valence-electron chi connectivity index (χ4n) is 2.42. The van der Waals surface area contributed by atoms with E-state index in [4.69, 9.17) is 4.74 Å². The highest BCUT2D eigenvalue weighted by molar-refractivity contribution is 6.03. The maximum atomic E-state index is 12.2. The first-order chi connectivity index (χ1) is 9.08. The zero-order valence-corrected chi connectivity index (χ0v) is 11.4. The molecule has 1 aromatic carbocycles. The molecule has 4 nitrogen and oxygen atoms in total. The summed E-state index contributed by atoms with van der Waals surface area (Å²) in [5, 5.41) is 2.84. The third kappa shape index (κ3) is 2.62. The van der Waals surface area contributed by atoms with E-state index in [2.05, 4.69) is 5.32 Å². The van der Waals surface area contributed by atoms with Gasteiger partial charge in [-0.05, 0) is 25.3 Å². The number of carbonyl (C=O) groups excluding carboxylic acids is 2. The van der Waals surface area contributed by atoms with Crippen LogP contribution in [0.2, 0.25) is 0 Å². The normalized spacial score (nSPS) is 16.3. The fraction of sp³-hybridized carbons (Fsp3) is 0.467. The molecule has 1 fully saturated rings. The molecule has 1 amide bonds. The summed E-state index contributed by atoms with van der Waals surface area (Å²) in [6, 6.07) is 7.94. The van der Waals surface area contributed by atoms with Gasteiger partial charge >= 0.3 is 5.97 Å². The molecule has 0 saturated heterocycles. The number of methoxy groups -OCH3 is 1. The Balaban J connectivity index is 1.99. The van der Waals surface area contributed by atoms with E-state index in [-0.39, 0.29) is 5.91 Å². The molecule has 0 heterocycles. The van der Waals surface area contributed by atoms with Gasteiger partial charge in [-0.25, -0.2) is 0 Å². The highest BCUT2D eigenvalue weighted by atomic mass is 16.5. The summed E-state index contributed by atoms with van der Waals surface area (Å²) in [4.78, 5) is 23.9. The highest BCUT2D eigenvalue weighted by Gasteiger charge is 2.51. The van der Waals surface area contributed by atoms with Crippen LogP contribution in [-0.4, -0.2) is 19.0 Å². The Labute approximate surface area is 113 Å². The van der Waals surface area contributed by atoms with E-state index in [1.165, 1.54) is 7.11 Å². The number of nitrogens with one attached hydrogen (secondary N) is 1. The van der Waals surface area contributed by atoms with Crippen molar-refractivity contribution in [3.05, 3.63) is 35.4 Å². The second-order valence-electron chi connectivity index (χ2n) is 5.10. The molecule has 0 atom stereocenters. The summed E-state index contributed by atoms with van der Waals surface area (Å²) in [6.07, 6.45) is 2.06. The summed E-state index contributed by atoms with van der Waals surface area (Å²) < 4.78 is 4.75. The van der Waals surface area contributed by atoms with E-state index in [9.17, 15) is 9.59 Å². The fourth-order valence-corrected chi connectivity index (χ4v) is 2.42. The average Bonchev–Trinajstić information content (AvgIpc) is 2.35. The van der Waals surface area contributed by atoms with Crippen molar-refractivity contribution in [1.82, 2.24) is 5.32 Å². The van der Waals surface area contributed by atoms with Crippen LogP contribution in [0.5, 0.6) is 0 Å². The van der Waals surface area contributed by atoms with Gasteiger partial charge in [0, 0.05) is 6.54 Å². The van der Waals surface area contributed by atoms with Gasteiger partial charge in [0.2, 0.25) is 5.91 Å². The quantitative estimate of drug-likeness (QED) is 0.666. The second-order valence-corrected chi connectivity index (χ2v) is 5.10. The standard InChI is InChI=1S/C15H19NO3/c1-11-5-3-6-12(9-11)10-16-13(17)15(7-4-8-15)14(18)19-2/h3,5-6,9H,4,7-8,10H2,1-2H3,(H,16,17). The predicted octanol–water partition coefficient (Wildman–Crippen LogP) is 1.95. The number of esters is 1. The molecule has 1 aliphatic carbocycles. The molecule has 0 aromatic heterocycles. The molecule has 4 heteroatoms. The Morgan fingerprint density at radius 2 is 2.11 bits per heavy atom. The van der Waals surface area contributed by atoms with Crippen LogP contribution in [0.4, 0.5) is 0 Å². The number of benzene rings is 1. The third-order valence-electron chi connectivity index (χ3n) is 3.75. The zero-order chi connectivity index (χ0) is 13.9. The predicted molar refractivity (Wildman–Crippen MR) is 71.3 cm³/mol. The second kappa shape index (κ2) is 5.43. The van der Waals surface area contributed by atoms with Gasteiger partial charge in [0.25, 0.3) is 0 Å². The summed E-state index contributed by atoms with van der Waals surface area (Å²) in [6.45, 7) is 2.45. The van der Waals surface area contributed by atoms with Gasteiger partial charge in [0.05, 0.1) is 7.11 Å². The zero-order valence-electron chi connectivity index (χ0n) is 11.4. The minimum atomic E-state index is -0.946. The largest absolute Gasteiger partial charge is 0.468 e. The Morgan fingerprint density at radius 1 is 1.37 bits per heavy atom. The summed E-state index contributed by atoms with van der Waals surface area (Å²) in [5.41, 5.74) is 1.24. The van der Waals surface area contributed by atoms with Crippen molar-refractivity contribution in [2.24, 2.45) is 5.41 Å². The van der Waals surface area contributed by atoms with Crippen LogP contribution >= 0.6 is 0 Å². The van der Waals surface area contributed by atoms with Crippen LogP contribution in [0.25, 0.3) is 0 Å². The number of aryl methyl sites for hydroxylation is 1. The number of amides is 1. The van der Waals surface area contributed by atoms with Crippen LogP contribution in [0, 0.1) is 12.3 Å².